The van der Waals surface area contributed by atoms with Crippen LogP contribution in [0.15, 0.2) is 91.4 Å². The number of carbonyl (C=O) groups is 3. The summed E-state index contributed by atoms with van der Waals surface area (Å²) in [5.74, 6) is 1.56. The molecule has 0 aliphatic carbocycles. The van der Waals surface area contributed by atoms with Gasteiger partial charge in [0.25, 0.3) is 0 Å². The van der Waals surface area contributed by atoms with E-state index in [2.05, 4.69) is 29.9 Å². The molecule has 0 unspecified atom stereocenters. The van der Waals surface area contributed by atoms with Crippen LogP contribution in [0.5, 0.6) is 17.2 Å². The molecular weight excluding hydrogens is 895 g/mol. The number of halogens is 1. The van der Waals surface area contributed by atoms with Crippen molar-refractivity contribution in [2.24, 2.45) is 0 Å². The summed E-state index contributed by atoms with van der Waals surface area (Å²) >= 11 is 5.52. The fourth-order valence-electron chi connectivity index (χ4n) is 5.58. The Morgan fingerprint density at radius 3 is 1.19 bits per heavy atom. The Morgan fingerprint density at radius 2 is 0.882 bits per heavy atom. The number of aryl methyl sites for hydroxylation is 3. The molecule has 0 aliphatic heterocycles. The molecule has 19 heteroatoms. The Labute approximate surface area is 402 Å². The van der Waals surface area contributed by atoms with E-state index < -0.39 is 25.0 Å². The molecule has 68 heavy (non-hydrogen) atoms. The molecule has 3 aromatic heterocycles. The van der Waals surface area contributed by atoms with Gasteiger partial charge in [-0.3, -0.25) is 0 Å². The largest absolute Gasteiger partial charge is 0.491 e. The van der Waals surface area contributed by atoms with Gasteiger partial charge in [0.2, 0.25) is 5.28 Å². The van der Waals surface area contributed by atoms with Crippen LogP contribution in [0.25, 0.3) is 22.8 Å². The highest BCUT2D eigenvalue weighted by molar-refractivity contribution is 6.58. The molecule has 360 valence electrons. The second kappa shape index (κ2) is 27.6. The number of hydrogen-bond acceptors (Lipinski definition) is 16. The molecule has 0 fully saturated rings. The van der Waals surface area contributed by atoms with Crippen LogP contribution in [-0.2, 0) is 9.47 Å². The summed E-state index contributed by atoms with van der Waals surface area (Å²) in [4.78, 5) is 58.4. The standard InChI is InChI=1S/C17H20N2O3.C15H16N2O3.C9H13BO3.C8H9ClN2O2/c1-5-21-17(20)15-10-18-16(19-12(15)4)13-6-8-14(9-7-13)22-11(2)3;1-9(2)20-12-6-4-11(5-7-12)14-16-8-13(15(18)19)10(3)17-14;1-7(2)13-9-5-3-8(4-6-9)10(11)12;1-3-13-7(12)6-4-10-8(9)11-5(6)2/h6-11H,5H2,1-4H3;4-9H,1-3H3,(H,18,19);3-7,11-12H,1-2H3;4H,3H2,1-2H3. The molecule has 6 rings (SSSR count). The van der Waals surface area contributed by atoms with Crippen LogP contribution in [0.2, 0.25) is 5.28 Å². The summed E-state index contributed by atoms with van der Waals surface area (Å²) in [6.45, 7) is 21.0. The third-order valence-electron chi connectivity index (χ3n) is 8.65. The van der Waals surface area contributed by atoms with Crippen molar-refractivity contribution in [2.45, 2.75) is 94.5 Å². The van der Waals surface area contributed by atoms with E-state index in [1.165, 1.54) is 18.6 Å². The Balaban J connectivity index is 0.000000247. The SMILES string of the molecule is CC(C)Oc1ccc(B(O)O)cc1.CCOC(=O)c1cnc(-c2ccc(OC(C)C)cc2)nc1C.CCOC(=O)c1cnc(Cl)nc1C.Cc1nc(-c2ccc(OC(C)C)cc2)ncc1C(=O)O. The van der Waals surface area contributed by atoms with Crippen molar-refractivity contribution in [3.63, 3.8) is 0 Å². The zero-order chi connectivity index (χ0) is 50.5. The Hall–Kier alpha value is -7.02. The smallest absolute Gasteiger partial charge is 0.488 e. The van der Waals surface area contributed by atoms with Crippen LogP contribution in [0.4, 0.5) is 0 Å². The quantitative estimate of drug-likeness (QED) is 0.0531. The van der Waals surface area contributed by atoms with Crippen LogP contribution in [0.1, 0.15) is 104 Å². The average Bonchev–Trinajstić information content (AvgIpc) is 3.27. The lowest BCUT2D eigenvalue weighted by Gasteiger charge is -2.10. The molecule has 3 heterocycles. The fraction of sp³-hybridized carbons (Fsp3) is 0.327. The van der Waals surface area contributed by atoms with Gasteiger partial charge < -0.3 is 38.8 Å². The van der Waals surface area contributed by atoms with Crippen molar-refractivity contribution >= 4 is 42.1 Å². The number of nitrogens with zero attached hydrogens (tertiary/aromatic N) is 6. The third-order valence-corrected chi connectivity index (χ3v) is 8.83. The molecule has 0 saturated heterocycles. The Kier molecular flexibility index (Phi) is 22.4. The molecule has 0 aliphatic rings. The van der Waals surface area contributed by atoms with Gasteiger partial charge in [-0.25, -0.2) is 44.3 Å². The minimum atomic E-state index is -1.41. The monoisotopic (exact) mass is 952 g/mol. The first-order valence-corrected chi connectivity index (χ1v) is 22.0. The molecule has 0 saturated carbocycles. The second-order valence-electron chi connectivity index (χ2n) is 15.3. The second-order valence-corrected chi connectivity index (χ2v) is 15.6. The van der Waals surface area contributed by atoms with Gasteiger partial charge in [0, 0.05) is 29.7 Å². The fourth-order valence-corrected chi connectivity index (χ4v) is 5.76. The van der Waals surface area contributed by atoms with Crippen molar-refractivity contribution in [2.75, 3.05) is 13.2 Å². The molecule has 0 amide bonds. The summed E-state index contributed by atoms with van der Waals surface area (Å²) in [6.07, 6.45) is 4.59. The maximum atomic E-state index is 11.7. The van der Waals surface area contributed by atoms with Crippen LogP contribution < -0.4 is 19.7 Å². The lowest BCUT2D eigenvalue weighted by molar-refractivity contribution is 0.0514. The highest BCUT2D eigenvalue weighted by Crippen LogP contribution is 2.23. The van der Waals surface area contributed by atoms with Gasteiger partial charge in [-0.15, -0.1) is 0 Å². The highest BCUT2D eigenvalue weighted by Gasteiger charge is 2.15. The first kappa shape index (κ1) is 55.3. The van der Waals surface area contributed by atoms with Crippen molar-refractivity contribution < 1.29 is 53.2 Å². The van der Waals surface area contributed by atoms with Gasteiger partial charge in [0.05, 0.1) is 65.3 Å². The summed E-state index contributed by atoms with van der Waals surface area (Å²) < 4.78 is 26.3. The van der Waals surface area contributed by atoms with E-state index in [1.54, 1.807) is 58.9 Å². The normalized spacial score (nSPS) is 10.4. The molecule has 0 spiro atoms. The van der Waals surface area contributed by atoms with E-state index in [-0.39, 0.29) is 29.2 Å². The number of carbonyl (C=O) groups excluding carboxylic acids is 2. The zero-order valence-corrected chi connectivity index (χ0v) is 40.8. The molecule has 0 atom stereocenters. The summed E-state index contributed by atoms with van der Waals surface area (Å²) in [7, 11) is -1.41. The number of aromatic carboxylic acids is 1. The van der Waals surface area contributed by atoms with Gasteiger partial charge in [0.1, 0.15) is 17.2 Å². The van der Waals surface area contributed by atoms with E-state index in [4.69, 9.17) is 50.4 Å². The topological polar surface area (TPSA) is 235 Å². The maximum Gasteiger partial charge on any atom is 0.488 e. The highest BCUT2D eigenvalue weighted by atomic mass is 35.5. The van der Waals surface area contributed by atoms with Gasteiger partial charge in [-0.05, 0) is 154 Å². The molecular formula is C49H58BClN6O11. The predicted molar refractivity (Wildman–Crippen MR) is 259 cm³/mol. The van der Waals surface area contributed by atoms with Crippen LogP contribution in [0.3, 0.4) is 0 Å². The lowest BCUT2D eigenvalue weighted by Crippen LogP contribution is -2.29. The minimum Gasteiger partial charge on any atom is -0.491 e. The van der Waals surface area contributed by atoms with Gasteiger partial charge in [-0.1, -0.05) is 12.1 Å². The van der Waals surface area contributed by atoms with E-state index in [9.17, 15) is 14.4 Å². The molecule has 3 aromatic carbocycles. The van der Waals surface area contributed by atoms with E-state index >= 15 is 0 Å². The predicted octanol–water partition coefficient (Wildman–Crippen LogP) is 8.12. The maximum absolute atomic E-state index is 11.7. The molecule has 0 bridgehead atoms. The zero-order valence-electron chi connectivity index (χ0n) is 40.1. The van der Waals surface area contributed by atoms with Crippen molar-refractivity contribution in [1.82, 2.24) is 29.9 Å². The number of carboxylic acid groups (broad SMARTS) is 1. The van der Waals surface area contributed by atoms with Crippen molar-refractivity contribution in [1.29, 1.82) is 0 Å². The number of carboxylic acids is 1. The number of hydrogen-bond donors (Lipinski definition) is 3. The molecule has 3 N–H and O–H groups in total. The summed E-state index contributed by atoms with van der Waals surface area (Å²) in [6, 6.07) is 21.7. The third kappa shape index (κ3) is 18.3. The number of ether oxygens (including phenoxy) is 5. The van der Waals surface area contributed by atoms with E-state index in [0.717, 1.165) is 28.4 Å². The molecule has 0 radical (unpaired) electrons. The Morgan fingerprint density at radius 1 is 0.544 bits per heavy atom. The number of rotatable bonds is 14. The summed E-state index contributed by atoms with van der Waals surface area (Å²) in [5.41, 5.74) is 4.60. The van der Waals surface area contributed by atoms with Crippen molar-refractivity contribution in [3.8, 4) is 40.0 Å². The number of esters is 2. The first-order chi connectivity index (χ1) is 32.2. The summed E-state index contributed by atoms with van der Waals surface area (Å²) in [5, 5.41) is 26.7. The van der Waals surface area contributed by atoms with Gasteiger partial charge >= 0.3 is 25.0 Å². The van der Waals surface area contributed by atoms with E-state index in [1.807, 2.05) is 90.1 Å². The van der Waals surface area contributed by atoms with Gasteiger partial charge in [-0.2, -0.15) is 0 Å². The Bertz CT molecular complexity index is 2550. The average molecular weight is 953 g/mol. The minimum absolute atomic E-state index is 0.119. The molecule has 6 aromatic rings. The van der Waals surface area contributed by atoms with Crippen LogP contribution in [-0.4, -0.2) is 102 Å². The lowest BCUT2D eigenvalue weighted by atomic mass is 9.80. The molecule has 17 nitrogen and oxygen atoms in total. The van der Waals surface area contributed by atoms with Crippen LogP contribution >= 0.6 is 11.6 Å². The first-order valence-electron chi connectivity index (χ1n) is 21.6. The van der Waals surface area contributed by atoms with Gasteiger partial charge in [0.15, 0.2) is 11.6 Å². The van der Waals surface area contributed by atoms with Crippen LogP contribution in [0, 0.1) is 20.8 Å². The van der Waals surface area contributed by atoms with Crippen molar-refractivity contribution in [3.05, 3.63) is 130 Å². The number of benzene rings is 3. The van der Waals surface area contributed by atoms with E-state index in [0.29, 0.717) is 58.5 Å². The number of aromatic nitrogens is 6.